The Morgan fingerprint density at radius 1 is 1.35 bits per heavy atom. The van der Waals surface area contributed by atoms with Gasteiger partial charge in [-0.1, -0.05) is 0 Å². The fraction of sp³-hybridized carbons (Fsp3) is 0.500. The number of methoxy groups -OCH3 is 1. The van der Waals surface area contributed by atoms with E-state index in [-0.39, 0.29) is 19.2 Å². The van der Waals surface area contributed by atoms with Gasteiger partial charge in [0.2, 0.25) is 10.0 Å². The first-order valence-electron chi connectivity index (χ1n) is 5.96. The van der Waals surface area contributed by atoms with Crippen LogP contribution in [0.15, 0.2) is 17.0 Å². The number of sulfonamides is 1. The average Bonchev–Trinajstić information content (AvgIpc) is 2.40. The van der Waals surface area contributed by atoms with Crippen LogP contribution in [0.5, 0.6) is 0 Å². The largest absolute Gasteiger partial charge is 0.380 e. The van der Waals surface area contributed by atoms with Crippen LogP contribution in [0.3, 0.4) is 0 Å². The quantitative estimate of drug-likeness (QED) is 0.788. The molecule has 8 heteroatoms. The molecule has 1 rings (SSSR count). The van der Waals surface area contributed by atoms with Crippen molar-refractivity contribution < 1.29 is 21.9 Å². The molecule has 114 valence electrons. The first-order chi connectivity index (χ1) is 9.31. The zero-order valence-electron chi connectivity index (χ0n) is 11.5. The zero-order valence-corrected chi connectivity index (χ0v) is 12.4. The SMILES string of the molecule is CNCc1cc(F)c(F)c(S(=O)(=O)NCC(C)OC)c1. The predicted molar refractivity (Wildman–Crippen MR) is 70.8 cm³/mol. The molecule has 20 heavy (non-hydrogen) atoms. The third-order valence-corrected chi connectivity index (χ3v) is 4.11. The molecule has 0 aromatic heterocycles. The molecular formula is C12H18F2N2O3S. The van der Waals surface area contributed by atoms with E-state index in [1.807, 2.05) is 0 Å². The highest BCUT2D eigenvalue weighted by atomic mass is 32.2. The summed E-state index contributed by atoms with van der Waals surface area (Å²) in [5.74, 6) is -2.58. The molecule has 1 aromatic carbocycles. The van der Waals surface area contributed by atoms with Crippen molar-refractivity contribution in [1.82, 2.24) is 10.0 Å². The summed E-state index contributed by atoms with van der Waals surface area (Å²) in [7, 11) is -1.09. The molecule has 0 fully saturated rings. The third-order valence-electron chi connectivity index (χ3n) is 2.69. The fourth-order valence-electron chi connectivity index (χ4n) is 1.51. The smallest absolute Gasteiger partial charge is 0.243 e. The summed E-state index contributed by atoms with van der Waals surface area (Å²) < 4.78 is 58.2. The van der Waals surface area contributed by atoms with Gasteiger partial charge in [-0.15, -0.1) is 0 Å². The summed E-state index contributed by atoms with van der Waals surface area (Å²) >= 11 is 0. The van der Waals surface area contributed by atoms with E-state index < -0.39 is 26.6 Å². The van der Waals surface area contributed by atoms with Crippen LogP contribution in [-0.4, -0.2) is 35.2 Å². The molecule has 1 unspecified atom stereocenters. The van der Waals surface area contributed by atoms with Crippen molar-refractivity contribution in [3.63, 3.8) is 0 Å². The summed E-state index contributed by atoms with van der Waals surface area (Å²) in [4.78, 5) is -0.703. The Labute approximate surface area is 117 Å². The molecule has 0 aliphatic heterocycles. The van der Waals surface area contributed by atoms with Gasteiger partial charge in [0.1, 0.15) is 4.90 Å². The fourth-order valence-corrected chi connectivity index (χ4v) is 2.76. The van der Waals surface area contributed by atoms with E-state index in [0.29, 0.717) is 5.56 Å². The van der Waals surface area contributed by atoms with Crippen molar-refractivity contribution in [1.29, 1.82) is 0 Å². The molecular weight excluding hydrogens is 290 g/mol. The van der Waals surface area contributed by atoms with Crippen LogP contribution < -0.4 is 10.0 Å². The first-order valence-corrected chi connectivity index (χ1v) is 7.45. The van der Waals surface area contributed by atoms with E-state index in [2.05, 4.69) is 10.0 Å². The van der Waals surface area contributed by atoms with Crippen LogP contribution in [0.2, 0.25) is 0 Å². The molecule has 0 radical (unpaired) electrons. The molecule has 1 atom stereocenters. The van der Waals surface area contributed by atoms with Gasteiger partial charge in [-0.05, 0) is 31.7 Å². The van der Waals surface area contributed by atoms with Crippen LogP contribution in [0.1, 0.15) is 12.5 Å². The number of halogens is 2. The Kier molecular flexibility index (Phi) is 6.00. The van der Waals surface area contributed by atoms with Gasteiger partial charge in [-0.2, -0.15) is 0 Å². The summed E-state index contributed by atoms with van der Waals surface area (Å²) in [6, 6.07) is 2.07. The van der Waals surface area contributed by atoms with Crippen molar-refractivity contribution in [3.05, 3.63) is 29.3 Å². The van der Waals surface area contributed by atoms with Gasteiger partial charge < -0.3 is 10.1 Å². The summed E-state index contributed by atoms with van der Waals surface area (Å²) in [5, 5.41) is 2.74. The minimum Gasteiger partial charge on any atom is -0.380 e. The minimum absolute atomic E-state index is 0.0316. The molecule has 2 N–H and O–H groups in total. The topological polar surface area (TPSA) is 67.4 Å². The lowest BCUT2D eigenvalue weighted by Gasteiger charge is -2.13. The molecule has 0 saturated carbocycles. The van der Waals surface area contributed by atoms with Crippen LogP contribution in [0.4, 0.5) is 8.78 Å². The van der Waals surface area contributed by atoms with Crippen LogP contribution in [0.25, 0.3) is 0 Å². The second-order valence-electron chi connectivity index (χ2n) is 4.32. The number of ether oxygens (including phenoxy) is 1. The normalized spacial score (nSPS) is 13.4. The van der Waals surface area contributed by atoms with E-state index in [9.17, 15) is 17.2 Å². The first kappa shape index (κ1) is 17.0. The van der Waals surface area contributed by atoms with E-state index in [1.165, 1.54) is 7.11 Å². The Morgan fingerprint density at radius 2 is 2.00 bits per heavy atom. The summed E-state index contributed by atoms with van der Waals surface area (Å²) in [6.45, 7) is 1.85. The highest BCUT2D eigenvalue weighted by Crippen LogP contribution is 2.19. The molecule has 0 bridgehead atoms. The number of nitrogens with one attached hydrogen (secondary N) is 2. The van der Waals surface area contributed by atoms with Crippen molar-refractivity contribution >= 4 is 10.0 Å². The lowest BCUT2D eigenvalue weighted by molar-refractivity contribution is 0.122. The third kappa shape index (κ3) is 4.20. The summed E-state index contributed by atoms with van der Waals surface area (Å²) in [5.41, 5.74) is 0.339. The highest BCUT2D eigenvalue weighted by Gasteiger charge is 2.23. The summed E-state index contributed by atoms with van der Waals surface area (Å²) in [6.07, 6.45) is -0.377. The van der Waals surface area contributed by atoms with Crippen molar-refractivity contribution in [3.8, 4) is 0 Å². The van der Waals surface area contributed by atoms with E-state index >= 15 is 0 Å². The minimum atomic E-state index is -4.13. The standard InChI is InChI=1S/C12H18F2N2O3S/c1-8(19-3)6-16-20(17,18)11-5-9(7-15-2)4-10(13)12(11)14/h4-5,8,15-16H,6-7H2,1-3H3. The van der Waals surface area contributed by atoms with Gasteiger partial charge in [0, 0.05) is 20.2 Å². The molecule has 0 aliphatic carbocycles. The van der Waals surface area contributed by atoms with Crippen LogP contribution >= 0.6 is 0 Å². The second kappa shape index (κ2) is 7.07. The zero-order chi connectivity index (χ0) is 15.3. The van der Waals surface area contributed by atoms with Gasteiger partial charge in [0.05, 0.1) is 6.10 Å². The lowest BCUT2D eigenvalue weighted by Crippen LogP contribution is -2.32. The molecule has 0 aliphatic rings. The highest BCUT2D eigenvalue weighted by molar-refractivity contribution is 7.89. The molecule has 0 spiro atoms. The molecule has 0 saturated heterocycles. The van der Waals surface area contributed by atoms with E-state index in [1.54, 1.807) is 14.0 Å². The van der Waals surface area contributed by atoms with E-state index in [4.69, 9.17) is 4.74 Å². The number of benzene rings is 1. The van der Waals surface area contributed by atoms with E-state index in [0.717, 1.165) is 12.1 Å². The Balaban J connectivity index is 3.10. The molecule has 5 nitrogen and oxygen atoms in total. The Morgan fingerprint density at radius 3 is 2.55 bits per heavy atom. The number of rotatable bonds is 7. The number of hydrogen-bond acceptors (Lipinski definition) is 4. The average molecular weight is 308 g/mol. The van der Waals surface area contributed by atoms with Crippen molar-refractivity contribution in [2.75, 3.05) is 20.7 Å². The van der Waals surface area contributed by atoms with Crippen molar-refractivity contribution in [2.45, 2.75) is 24.5 Å². The second-order valence-corrected chi connectivity index (χ2v) is 6.05. The van der Waals surface area contributed by atoms with Gasteiger partial charge in [-0.3, -0.25) is 0 Å². The number of hydrogen-bond donors (Lipinski definition) is 2. The maximum absolute atomic E-state index is 13.7. The molecule has 0 amide bonds. The molecule has 1 aromatic rings. The maximum Gasteiger partial charge on any atom is 0.243 e. The Bertz CT molecular complexity index is 564. The van der Waals surface area contributed by atoms with Gasteiger partial charge in [0.15, 0.2) is 11.6 Å². The van der Waals surface area contributed by atoms with Crippen molar-refractivity contribution in [2.24, 2.45) is 0 Å². The van der Waals surface area contributed by atoms with Gasteiger partial charge in [-0.25, -0.2) is 21.9 Å². The van der Waals surface area contributed by atoms with Crippen LogP contribution in [0, 0.1) is 11.6 Å². The van der Waals surface area contributed by atoms with Gasteiger partial charge >= 0.3 is 0 Å². The lowest BCUT2D eigenvalue weighted by atomic mass is 10.2. The monoisotopic (exact) mass is 308 g/mol. The predicted octanol–water partition coefficient (Wildman–Crippen LogP) is 0.997. The van der Waals surface area contributed by atoms with Crippen LogP contribution in [-0.2, 0) is 21.3 Å². The van der Waals surface area contributed by atoms with Gasteiger partial charge in [0.25, 0.3) is 0 Å². The molecule has 0 heterocycles. The maximum atomic E-state index is 13.7. The Hall–Kier alpha value is -1.09.